The van der Waals surface area contributed by atoms with E-state index in [2.05, 4.69) is 27.1 Å². The summed E-state index contributed by atoms with van der Waals surface area (Å²) in [6.07, 6.45) is 5.38. The van der Waals surface area contributed by atoms with Gasteiger partial charge in [0.15, 0.2) is 0 Å². The lowest BCUT2D eigenvalue weighted by atomic mass is 10.1. The fourth-order valence-corrected chi connectivity index (χ4v) is 2.62. The first-order chi connectivity index (χ1) is 14.2. The minimum absolute atomic E-state index is 0.113. The van der Waals surface area contributed by atoms with Crippen LogP contribution in [-0.4, -0.2) is 20.5 Å². The van der Waals surface area contributed by atoms with Gasteiger partial charge in [-0.1, -0.05) is 29.1 Å². The molecule has 0 aliphatic heterocycles. The third kappa shape index (κ3) is 5.26. The first-order valence-electron chi connectivity index (χ1n) is 9.24. The second-order valence-electron chi connectivity index (χ2n) is 6.76. The monoisotopic (exact) mass is 392 g/mol. The molecular formula is C22H18F2N4O. The van der Waals surface area contributed by atoms with Crippen LogP contribution in [-0.2, 0) is 18.0 Å². The predicted molar refractivity (Wildman–Crippen MR) is 104 cm³/mol. The van der Waals surface area contributed by atoms with Crippen molar-refractivity contribution in [3.05, 3.63) is 83.4 Å². The molecule has 4 rings (SSSR count). The first-order valence-corrected chi connectivity index (χ1v) is 9.24. The number of hydrogen-bond donors (Lipinski definition) is 0. The molecule has 0 amide bonds. The number of aromatic nitrogens is 3. The van der Waals surface area contributed by atoms with Gasteiger partial charge in [-0.2, -0.15) is 5.10 Å². The molecule has 146 valence electrons. The van der Waals surface area contributed by atoms with Crippen molar-refractivity contribution in [2.75, 3.05) is 0 Å². The van der Waals surface area contributed by atoms with Crippen LogP contribution < -0.4 is 0 Å². The average Bonchev–Trinajstić information content (AvgIpc) is 3.41. The molecule has 3 aromatic rings. The van der Waals surface area contributed by atoms with Crippen molar-refractivity contribution in [3.63, 3.8) is 0 Å². The van der Waals surface area contributed by atoms with Crippen molar-refractivity contribution in [1.29, 1.82) is 0 Å². The molecule has 1 aliphatic carbocycles. The Morgan fingerprint density at radius 3 is 2.69 bits per heavy atom. The molecule has 1 aromatic heterocycles. The molecule has 29 heavy (non-hydrogen) atoms. The van der Waals surface area contributed by atoms with E-state index < -0.39 is 11.6 Å². The van der Waals surface area contributed by atoms with Crippen LogP contribution in [0.3, 0.4) is 0 Å². The summed E-state index contributed by atoms with van der Waals surface area (Å²) in [4.78, 5) is 9.29. The first kappa shape index (κ1) is 18.8. The van der Waals surface area contributed by atoms with Crippen LogP contribution in [0.4, 0.5) is 8.78 Å². The topological polar surface area (TPSA) is 52.3 Å². The Balaban J connectivity index is 1.51. The molecule has 0 unspecified atom stereocenters. The molecule has 0 radical (unpaired) electrons. The van der Waals surface area contributed by atoms with Crippen LogP contribution >= 0.6 is 0 Å². The maximum atomic E-state index is 13.8. The minimum Gasteiger partial charge on any atom is -0.391 e. The van der Waals surface area contributed by atoms with Gasteiger partial charge >= 0.3 is 0 Å². The van der Waals surface area contributed by atoms with Gasteiger partial charge in [0.2, 0.25) is 0 Å². The second kappa shape index (κ2) is 8.65. The second-order valence-corrected chi connectivity index (χ2v) is 6.76. The van der Waals surface area contributed by atoms with E-state index in [1.165, 1.54) is 31.3 Å². The SMILES string of the molecule is Fc1ccc(CON=C(Cn2cncn2)c2ccc(C#CC3CC3)cc2)c(F)c1. The molecule has 0 saturated heterocycles. The molecule has 1 heterocycles. The summed E-state index contributed by atoms with van der Waals surface area (Å²) in [6.45, 7) is 0.219. The van der Waals surface area contributed by atoms with Gasteiger partial charge in [-0.25, -0.2) is 18.4 Å². The lowest BCUT2D eigenvalue weighted by molar-refractivity contribution is 0.127. The minimum atomic E-state index is -0.670. The number of halogens is 2. The van der Waals surface area contributed by atoms with Crippen LogP contribution in [0.15, 0.2) is 60.3 Å². The van der Waals surface area contributed by atoms with Gasteiger partial charge in [-0.3, -0.25) is 0 Å². The fourth-order valence-electron chi connectivity index (χ4n) is 2.62. The van der Waals surface area contributed by atoms with Crippen molar-refractivity contribution in [1.82, 2.24) is 14.8 Å². The molecule has 1 fully saturated rings. The van der Waals surface area contributed by atoms with E-state index >= 15 is 0 Å². The smallest absolute Gasteiger partial charge is 0.145 e. The van der Waals surface area contributed by atoms with Crippen LogP contribution in [0, 0.1) is 29.4 Å². The van der Waals surface area contributed by atoms with Crippen LogP contribution in [0.2, 0.25) is 0 Å². The van der Waals surface area contributed by atoms with Gasteiger partial charge < -0.3 is 4.84 Å². The molecule has 1 aliphatic rings. The molecule has 5 nitrogen and oxygen atoms in total. The third-order valence-electron chi connectivity index (χ3n) is 4.40. The maximum absolute atomic E-state index is 13.8. The van der Waals surface area contributed by atoms with Gasteiger partial charge in [0.05, 0.1) is 6.54 Å². The zero-order valence-electron chi connectivity index (χ0n) is 15.6. The fraction of sp³-hybridized carbons (Fsp3) is 0.227. The predicted octanol–water partition coefficient (Wildman–Crippen LogP) is 3.94. The summed E-state index contributed by atoms with van der Waals surface area (Å²) < 4.78 is 28.4. The van der Waals surface area contributed by atoms with Gasteiger partial charge in [-0.15, -0.1) is 0 Å². The Morgan fingerprint density at radius 2 is 2.00 bits per heavy atom. The highest BCUT2D eigenvalue weighted by molar-refractivity contribution is 6.00. The highest BCUT2D eigenvalue weighted by Gasteiger charge is 2.17. The summed E-state index contributed by atoms with van der Waals surface area (Å²) in [5.41, 5.74) is 2.59. The number of nitrogens with zero attached hydrogens (tertiary/aromatic N) is 4. The largest absolute Gasteiger partial charge is 0.391 e. The molecule has 0 bridgehead atoms. The van der Waals surface area contributed by atoms with E-state index in [1.807, 2.05) is 24.3 Å². The molecule has 7 heteroatoms. The number of benzene rings is 2. The van der Waals surface area contributed by atoms with E-state index in [9.17, 15) is 8.78 Å². The Morgan fingerprint density at radius 1 is 1.17 bits per heavy atom. The van der Waals surface area contributed by atoms with Crippen LogP contribution in [0.25, 0.3) is 0 Å². The number of oxime groups is 1. The van der Waals surface area contributed by atoms with E-state index in [0.29, 0.717) is 18.2 Å². The number of rotatable bonds is 6. The van der Waals surface area contributed by atoms with E-state index in [1.54, 1.807) is 11.0 Å². The molecule has 0 N–H and O–H groups in total. The van der Waals surface area contributed by atoms with Gasteiger partial charge in [0, 0.05) is 28.7 Å². The highest BCUT2D eigenvalue weighted by Crippen LogP contribution is 2.27. The van der Waals surface area contributed by atoms with Crippen molar-refractivity contribution in [2.45, 2.75) is 26.0 Å². The summed E-state index contributed by atoms with van der Waals surface area (Å²) in [6, 6.07) is 11.0. The Kier molecular flexibility index (Phi) is 5.61. The quantitative estimate of drug-likeness (QED) is 0.363. The lowest BCUT2D eigenvalue weighted by Crippen LogP contribution is -2.13. The van der Waals surface area contributed by atoms with E-state index in [-0.39, 0.29) is 12.2 Å². The van der Waals surface area contributed by atoms with Crippen molar-refractivity contribution in [3.8, 4) is 11.8 Å². The van der Waals surface area contributed by atoms with Gasteiger partial charge in [0.1, 0.15) is 36.6 Å². The standard InChI is InChI=1S/C22H18F2N4O/c23-20-10-9-19(21(24)11-20)13-29-27-22(12-28-15-25-14-26-28)18-7-5-17(6-8-18)4-3-16-1-2-16/h5-11,14-16H,1-2,12-13H2. The lowest BCUT2D eigenvalue weighted by Gasteiger charge is -2.08. The Hall–Kier alpha value is -3.53. The van der Waals surface area contributed by atoms with E-state index in [0.717, 1.165) is 17.2 Å². The maximum Gasteiger partial charge on any atom is 0.145 e. The molecular weight excluding hydrogens is 374 g/mol. The van der Waals surface area contributed by atoms with Crippen molar-refractivity contribution >= 4 is 5.71 Å². The van der Waals surface area contributed by atoms with Crippen molar-refractivity contribution in [2.24, 2.45) is 11.1 Å². The summed E-state index contributed by atoms with van der Waals surface area (Å²) >= 11 is 0. The third-order valence-corrected chi connectivity index (χ3v) is 4.40. The highest BCUT2D eigenvalue weighted by atomic mass is 19.1. The molecule has 0 atom stereocenters. The van der Waals surface area contributed by atoms with Crippen molar-refractivity contribution < 1.29 is 13.6 Å². The molecule has 0 spiro atoms. The van der Waals surface area contributed by atoms with E-state index in [4.69, 9.17) is 4.84 Å². The normalized spacial score (nSPS) is 13.7. The van der Waals surface area contributed by atoms with Gasteiger partial charge in [0.25, 0.3) is 0 Å². The summed E-state index contributed by atoms with van der Waals surface area (Å²) in [7, 11) is 0. The molecule has 1 saturated carbocycles. The van der Waals surface area contributed by atoms with Crippen LogP contribution in [0.1, 0.15) is 29.5 Å². The Labute approximate surface area is 167 Å². The summed E-state index contributed by atoms with van der Waals surface area (Å²) in [5.74, 6) is 5.64. The van der Waals surface area contributed by atoms with Crippen LogP contribution in [0.5, 0.6) is 0 Å². The number of hydrogen-bond acceptors (Lipinski definition) is 4. The average molecular weight is 392 g/mol. The summed E-state index contributed by atoms with van der Waals surface area (Å²) in [5, 5.41) is 8.26. The Bertz CT molecular complexity index is 1060. The zero-order valence-corrected chi connectivity index (χ0v) is 15.6. The molecule has 2 aromatic carbocycles. The zero-order chi connectivity index (χ0) is 20.1. The van der Waals surface area contributed by atoms with Gasteiger partial charge in [-0.05, 0) is 37.1 Å².